The maximum atomic E-state index is 13.5. The number of carbonyl (C=O) groups excluding carboxylic acids is 1. The number of aryl methyl sites for hydroxylation is 1. The topological polar surface area (TPSA) is 29.1 Å². The van der Waals surface area contributed by atoms with Gasteiger partial charge in [0.2, 0.25) is 0 Å². The molecule has 1 N–H and O–H groups in total. The van der Waals surface area contributed by atoms with Crippen molar-refractivity contribution in [1.82, 2.24) is 5.32 Å². The highest BCUT2D eigenvalue weighted by Crippen LogP contribution is 2.26. The van der Waals surface area contributed by atoms with Crippen LogP contribution in [0.5, 0.6) is 0 Å². The van der Waals surface area contributed by atoms with Gasteiger partial charge in [-0.05, 0) is 43.4 Å². The third-order valence-corrected chi connectivity index (χ3v) is 4.69. The highest BCUT2D eigenvalue weighted by Gasteiger charge is 2.25. The van der Waals surface area contributed by atoms with E-state index in [1.807, 2.05) is 0 Å². The molecule has 0 heterocycles. The van der Waals surface area contributed by atoms with E-state index in [1.54, 1.807) is 19.1 Å². The molecule has 1 fully saturated rings. The first-order valence-electron chi connectivity index (χ1n) is 6.75. The predicted octanol–water partition coefficient (Wildman–Crippen LogP) is 3.82. The van der Waals surface area contributed by atoms with Crippen LogP contribution in [0.1, 0.15) is 41.6 Å². The summed E-state index contributed by atoms with van der Waals surface area (Å²) in [5.41, 5.74) is 0.967. The molecule has 1 aromatic rings. The summed E-state index contributed by atoms with van der Waals surface area (Å²) in [6.07, 6.45) is 4.52. The average Bonchev–Trinajstić information content (AvgIpc) is 2.42. The fourth-order valence-corrected chi connectivity index (χ4v) is 3.34. The number of nitrogens with one attached hydrogen (secondary N) is 1. The predicted molar refractivity (Wildman–Crippen MR) is 78.1 cm³/mol. The number of halogens is 2. The van der Waals surface area contributed by atoms with Gasteiger partial charge in [0, 0.05) is 16.9 Å². The second-order valence-electron chi connectivity index (χ2n) is 5.24. The molecule has 0 spiro atoms. The zero-order valence-corrected chi connectivity index (χ0v) is 12.7. The standard InChI is InChI=1S/C15H19BrFNO/c1-10-6-7-11(8-13(10)17)15(19)18-14-5-3-2-4-12(14)9-16/h6-8,12,14H,2-5,9H2,1H3,(H,18,19). The van der Waals surface area contributed by atoms with E-state index >= 15 is 0 Å². The lowest BCUT2D eigenvalue weighted by Crippen LogP contribution is -2.42. The van der Waals surface area contributed by atoms with Crippen LogP contribution < -0.4 is 5.32 Å². The SMILES string of the molecule is Cc1ccc(C(=O)NC2CCCCC2CBr)cc1F. The molecule has 0 aromatic heterocycles. The van der Waals surface area contributed by atoms with Gasteiger partial charge in [0.15, 0.2) is 0 Å². The molecule has 1 aliphatic rings. The Labute approximate surface area is 121 Å². The summed E-state index contributed by atoms with van der Waals surface area (Å²) in [5.74, 6) is -0.0157. The van der Waals surface area contributed by atoms with Gasteiger partial charge in [-0.1, -0.05) is 34.8 Å². The summed E-state index contributed by atoms with van der Waals surface area (Å²) in [6.45, 7) is 1.69. The molecule has 0 bridgehead atoms. The second kappa shape index (κ2) is 6.51. The quantitative estimate of drug-likeness (QED) is 0.840. The lowest BCUT2D eigenvalue weighted by Gasteiger charge is -2.31. The Morgan fingerprint density at radius 2 is 2.16 bits per heavy atom. The molecule has 2 atom stereocenters. The number of hydrogen-bond acceptors (Lipinski definition) is 1. The highest BCUT2D eigenvalue weighted by atomic mass is 79.9. The molecule has 2 rings (SSSR count). The number of alkyl halides is 1. The van der Waals surface area contributed by atoms with Crippen molar-refractivity contribution in [1.29, 1.82) is 0 Å². The van der Waals surface area contributed by atoms with E-state index in [0.717, 1.165) is 24.6 Å². The van der Waals surface area contributed by atoms with Crippen molar-refractivity contribution in [2.45, 2.75) is 38.6 Å². The zero-order valence-electron chi connectivity index (χ0n) is 11.1. The van der Waals surface area contributed by atoms with Crippen LogP contribution in [-0.2, 0) is 0 Å². The maximum Gasteiger partial charge on any atom is 0.251 e. The third kappa shape index (κ3) is 3.56. The molecular weight excluding hydrogens is 309 g/mol. The smallest absolute Gasteiger partial charge is 0.251 e. The van der Waals surface area contributed by atoms with Gasteiger partial charge in [-0.15, -0.1) is 0 Å². The molecule has 0 radical (unpaired) electrons. The Morgan fingerprint density at radius 1 is 1.42 bits per heavy atom. The van der Waals surface area contributed by atoms with Crippen LogP contribution in [-0.4, -0.2) is 17.3 Å². The first-order valence-corrected chi connectivity index (χ1v) is 7.87. The molecule has 19 heavy (non-hydrogen) atoms. The van der Waals surface area contributed by atoms with E-state index < -0.39 is 0 Å². The molecule has 0 saturated heterocycles. The van der Waals surface area contributed by atoms with Gasteiger partial charge >= 0.3 is 0 Å². The van der Waals surface area contributed by atoms with E-state index in [9.17, 15) is 9.18 Å². The molecule has 1 aromatic carbocycles. The molecular formula is C15H19BrFNO. The summed E-state index contributed by atoms with van der Waals surface area (Å²) in [6, 6.07) is 4.84. The monoisotopic (exact) mass is 327 g/mol. The summed E-state index contributed by atoms with van der Waals surface area (Å²) in [7, 11) is 0. The lowest BCUT2D eigenvalue weighted by molar-refractivity contribution is 0.0911. The van der Waals surface area contributed by atoms with Crippen LogP contribution in [0.25, 0.3) is 0 Å². The Hall–Kier alpha value is -0.900. The molecule has 0 aliphatic heterocycles. The largest absolute Gasteiger partial charge is 0.349 e. The summed E-state index contributed by atoms with van der Waals surface area (Å²) in [5, 5.41) is 3.95. The van der Waals surface area contributed by atoms with Crippen LogP contribution in [0.3, 0.4) is 0 Å². The second-order valence-corrected chi connectivity index (χ2v) is 5.89. The van der Waals surface area contributed by atoms with Crippen molar-refractivity contribution < 1.29 is 9.18 Å². The normalized spacial score (nSPS) is 23.1. The molecule has 1 aliphatic carbocycles. The van der Waals surface area contributed by atoms with Crippen molar-refractivity contribution in [3.8, 4) is 0 Å². The van der Waals surface area contributed by atoms with Crippen LogP contribution in [0, 0.1) is 18.7 Å². The van der Waals surface area contributed by atoms with Gasteiger partial charge < -0.3 is 5.32 Å². The van der Waals surface area contributed by atoms with E-state index in [1.165, 1.54) is 12.5 Å². The Kier molecular flexibility index (Phi) is 4.97. The molecule has 104 valence electrons. The van der Waals surface area contributed by atoms with Gasteiger partial charge in [0.1, 0.15) is 5.82 Å². The van der Waals surface area contributed by atoms with Crippen molar-refractivity contribution in [2.24, 2.45) is 5.92 Å². The number of rotatable bonds is 3. The third-order valence-electron chi connectivity index (χ3n) is 3.86. The minimum absolute atomic E-state index is 0.170. The molecule has 2 nitrogen and oxygen atoms in total. The van der Waals surface area contributed by atoms with Crippen molar-refractivity contribution in [3.05, 3.63) is 35.1 Å². The first kappa shape index (κ1) is 14.5. The first-order chi connectivity index (χ1) is 9.11. The average molecular weight is 328 g/mol. The minimum atomic E-state index is -0.326. The molecule has 4 heteroatoms. The van der Waals surface area contributed by atoms with Gasteiger partial charge in [-0.3, -0.25) is 4.79 Å². The fourth-order valence-electron chi connectivity index (χ4n) is 2.57. The van der Waals surface area contributed by atoms with Gasteiger partial charge in [-0.2, -0.15) is 0 Å². The van der Waals surface area contributed by atoms with E-state index in [-0.39, 0.29) is 17.8 Å². The zero-order chi connectivity index (χ0) is 13.8. The van der Waals surface area contributed by atoms with E-state index in [4.69, 9.17) is 0 Å². The number of benzene rings is 1. The Morgan fingerprint density at radius 3 is 2.84 bits per heavy atom. The van der Waals surface area contributed by atoms with Crippen LogP contribution in [0.4, 0.5) is 4.39 Å². The van der Waals surface area contributed by atoms with Gasteiger partial charge in [0.05, 0.1) is 0 Å². The number of carbonyl (C=O) groups is 1. The molecule has 1 amide bonds. The van der Waals surface area contributed by atoms with Crippen LogP contribution >= 0.6 is 15.9 Å². The summed E-state index contributed by atoms with van der Waals surface area (Å²) < 4.78 is 13.5. The van der Waals surface area contributed by atoms with Crippen LogP contribution in [0.2, 0.25) is 0 Å². The summed E-state index contributed by atoms with van der Waals surface area (Å²) in [4.78, 5) is 12.1. The highest BCUT2D eigenvalue weighted by molar-refractivity contribution is 9.09. The van der Waals surface area contributed by atoms with Crippen molar-refractivity contribution >= 4 is 21.8 Å². The lowest BCUT2D eigenvalue weighted by atomic mass is 9.86. The molecule has 1 saturated carbocycles. The van der Waals surface area contributed by atoms with Crippen molar-refractivity contribution in [2.75, 3.05) is 5.33 Å². The van der Waals surface area contributed by atoms with Gasteiger partial charge in [0.25, 0.3) is 5.91 Å². The van der Waals surface area contributed by atoms with E-state index in [2.05, 4.69) is 21.2 Å². The van der Waals surface area contributed by atoms with Gasteiger partial charge in [-0.25, -0.2) is 4.39 Å². The van der Waals surface area contributed by atoms with E-state index in [0.29, 0.717) is 17.0 Å². The number of amides is 1. The Balaban J connectivity index is 2.05. The Bertz CT molecular complexity index is 463. The fraction of sp³-hybridized carbons (Fsp3) is 0.533. The molecule has 2 unspecified atom stereocenters. The number of hydrogen-bond donors (Lipinski definition) is 1. The summed E-state index contributed by atoms with van der Waals surface area (Å²) >= 11 is 3.51. The van der Waals surface area contributed by atoms with Crippen LogP contribution in [0.15, 0.2) is 18.2 Å². The minimum Gasteiger partial charge on any atom is -0.349 e. The maximum absolute atomic E-state index is 13.5. The van der Waals surface area contributed by atoms with Crippen molar-refractivity contribution in [3.63, 3.8) is 0 Å².